The summed E-state index contributed by atoms with van der Waals surface area (Å²) in [7, 11) is 0. The average Bonchev–Trinajstić information content (AvgIpc) is 2.46. The highest BCUT2D eigenvalue weighted by atomic mass is 35.5. The SMILES string of the molecule is Cc1ccc(C(N)=NO)c(OCc2ccc(Cl)cc2)n1. The third-order valence-corrected chi connectivity index (χ3v) is 2.92. The first-order valence-electron chi connectivity index (χ1n) is 5.93. The molecule has 0 amide bonds. The standard InChI is InChI=1S/C14H14ClN3O2/c1-9-2-7-12(13(16)18-19)14(17-9)20-8-10-3-5-11(15)6-4-10/h2-7,19H,8H2,1H3,(H2,16,18). The van der Waals surface area contributed by atoms with Crippen LogP contribution in [-0.4, -0.2) is 16.0 Å². The molecule has 0 spiro atoms. The number of aromatic nitrogens is 1. The summed E-state index contributed by atoms with van der Waals surface area (Å²) in [5.74, 6) is 0.291. The largest absolute Gasteiger partial charge is 0.472 e. The first-order valence-corrected chi connectivity index (χ1v) is 6.30. The molecule has 6 heteroatoms. The predicted molar refractivity (Wildman–Crippen MR) is 77.3 cm³/mol. The van der Waals surface area contributed by atoms with E-state index in [0.717, 1.165) is 11.3 Å². The van der Waals surface area contributed by atoms with Crippen LogP contribution in [0, 0.1) is 6.92 Å². The van der Waals surface area contributed by atoms with Crippen molar-refractivity contribution in [1.29, 1.82) is 0 Å². The molecule has 1 aromatic carbocycles. The van der Waals surface area contributed by atoms with Crippen LogP contribution in [0.15, 0.2) is 41.6 Å². The highest BCUT2D eigenvalue weighted by Crippen LogP contribution is 2.18. The molecule has 104 valence electrons. The van der Waals surface area contributed by atoms with E-state index in [1.807, 2.05) is 19.1 Å². The van der Waals surface area contributed by atoms with E-state index in [0.29, 0.717) is 23.1 Å². The number of ether oxygens (including phenoxy) is 1. The molecule has 0 unspecified atom stereocenters. The molecule has 0 saturated carbocycles. The number of hydrogen-bond donors (Lipinski definition) is 2. The van der Waals surface area contributed by atoms with Gasteiger partial charge >= 0.3 is 0 Å². The van der Waals surface area contributed by atoms with E-state index in [4.69, 9.17) is 27.3 Å². The first kappa shape index (κ1) is 14.1. The number of amidine groups is 1. The zero-order chi connectivity index (χ0) is 14.5. The van der Waals surface area contributed by atoms with E-state index in [9.17, 15) is 0 Å². The minimum atomic E-state index is -0.0383. The summed E-state index contributed by atoms with van der Waals surface area (Å²) in [6.07, 6.45) is 0. The molecular weight excluding hydrogens is 278 g/mol. The fourth-order valence-corrected chi connectivity index (χ4v) is 1.75. The molecule has 0 atom stereocenters. The summed E-state index contributed by atoms with van der Waals surface area (Å²) in [6, 6.07) is 10.8. The maximum Gasteiger partial charge on any atom is 0.225 e. The van der Waals surface area contributed by atoms with Crippen LogP contribution < -0.4 is 10.5 Å². The Labute approximate surface area is 121 Å². The second-order valence-corrected chi connectivity index (χ2v) is 4.64. The molecule has 1 aromatic heterocycles. The van der Waals surface area contributed by atoms with Crippen molar-refractivity contribution in [2.75, 3.05) is 0 Å². The Kier molecular flexibility index (Phi) is 4.42. The molecule has 0 aliphatic heterocycles. The Bertz CT molecular complexity index is 627. The highest BCUT2D eigenvalue weighted by Gasteiger charge is 2.10. The summed E-state index contributed by atoms with van der Waals surface area (Å²) in [5.41, 5.74) is 7.78. The van der Waals surface area contributed by atoms with Crippen molar-refractivity contribution in [3.05, 3.63) is 58.2 Å². The molecule has 0 aliphatic rings. The summed E-state index contributed by atoms with van der Waals surface area (Å²) < 4.78 is 5.64. The molecule has 20 heavy (non-hydrogen) atoms. The Morgan fingerprint density at radius 1 is 1.30 bits per heavy atom. The van der Waals surface area contributed by atoms with Crippen LogP contribution in [-0.2, 0) is 6.61 Å². The van der Waals surface area contributed by atoms with Gasteiger partial charge < -0.3 is 15.7 Å². The van der Waals surface area contributed by atoms with E-state index in [2.05, 4.69) is 10.1 Å². The fraction of sp³-hybridized carbons (Fsp3) is 0.143. The van der Waals surface area contributed by atoms with Crippen molar-refractivity contribution < 1.29 is 9.94 Å². The van der Waals surface area contributed by atoms with Crippen LogP contribution in [0.5, 0.6) is 5.88 Å². The van der Waals surface area contributed by atoms with Gasteiger partial charge in [0.15, 0.2) is 5.84 Å². The van der Waals surface area contributed by atoms with Crippen molar-refractivity contribution in [3.8, 4) is 5.88 Å². The number of pyridine rings is 1. The molecule has 3 N–H and O–H groups in total. The van der Waals surface area contributed by atoms with Gasteiger partial charge in [0.1, 0.15) is 6.61 Å². The number of rotatable bonds is 4. The highest BCUT2D eigenvalue weighted by molar-refractivity contribution is 6.30. The van der Waals surface area contributed by atoms with Crippen LogP contribution >= 0.6 is 11.6 Å². The monoisotopic (exact) mass is 291 g/mol. The lowest BCUT2D eigenvalue weighted by atomic mass is 10.2. The van der Waals surface area contributed by atoms with Gasteiger partial charge in [-0.3, -0.25) is 0 Å². The lowest BCUT2D eigenvalue weighted by Crippen LogP contribution is -2.16. The number of benzene rings is 1. The molecule has 2 aromatic rings. The molecule has 0 aliphatic carbocycles. The Balaban J connectivity index is 2.20. The lowest BCUT2D eigenvalue weighted by Gasteiger charge is -2.10. The van der Waals surface area contributed by atoms with Gasteiger partial charge in [0.25, 0.3) is 0 Å². The molecular formula is C14H14ClN3O2. The van der Waals surface area contributed by atoms with E-state index >= 15 is 0 Å². The summed E-state index contributed by atoms with van der Waals surface area (Å²) in [5, 5.41) is 12.4. The van der Waals surface area contributed by atoms with Gasteiger partial charge in [-0.15, -0.1) is 0 Å². The maximum atomic E-state index is 8.76. The van der Waals surface area contributed by atoms with E-state index in [1.54, 1.807) is 24.3 Å². The average molecular weight is 292 g/mol. The zero-order valence-electron chi connectivity index (χ0n) is 10.9. The van der Waals surface area contributed by atoms with Crippen molar-refractivity contribution in [2.45, 2.75) is 13.5 Å². The molecule has 2 rings (SSSR count). The third kappa shape index (κ3) is 3.39. The van der Waals surface area contributed by atoms with Gasteiger partial charge in [0, 0.05) is 10.7 Å². The molecule has 1 heterocycles. The molecule has 5 nitrogen and oxygen atoms in total. The minimum absolute atomic E-state index is 0.0383. The molecule has 0 bridgehead atoms. The summed E-state index contributed by atoms with van der Waals surface area (Å²) in [4.78, 5) is 4.25. The van der Waals surface area contributed by atoms with Gasteiger partial charge in [0.2, 0.25) is 5.88 Å². The number of oxime groups is 1. The molecule has 0 fully saturated rings. The number of nitrogens with zero attached hydrogens (tertiary/aromatic N) is 2. The minimum Gasteiger partial charge on any atom is -0.472 e. The molecule has 0 saturated heterocycles. The van der Waals surface area contributed by atoms with Gasteiger partial charge in [-0.2, -0.15) is 0 Å². The van der Waals surface area contributed by atoms with Crippen molar-refractivity contribution in [1.82, 2.24) is 4.98 Å². The van der Waals surface area contributed by atoms with Crippen LogP contribution in [0.1, 0.15) is 16.8 Å². The second kappa shape index (κ2) is 6.25. The smallest absolute Gasteiger partial charge is 0.225 e. The van der Waals surface area contributed by atoms with Gasteiger partial charge in [-0.05, 0) is 36.8 Å². The number of halogens is 1. The normalized spacial score (nSPS) is 11.4. The number of nitrogens with two attached hydrogens (primary N) is 1. The first-order chi connectivity index (χ1) is 9.60. The second-order valence-electron chi connectivity index (χ2n) is 4.21. The van der Waals surface area contributed by atoms with Crippen molar-refractivity contribution in [2.24, 2.45) is 10.9 Å². The van der Waals surface area contributed by atoms with E-state index in [1.165, 1.54) is 0 Å². The number of hydrogen-bond acceptors (Lipinski definition) is 4. The molecule has 0 radical (unpaired) electrons. The fourth-order valence-electron chi connectivity index (χ4n) is 1.62. The van der Waals surface area contributed by atoms with Crippen LogP contribution in [0.3, 0.4) is 0 Å². The zero-order valence-corrected chi connectivity index (χ0v) is 11.6. The van der Waals surface area contributed by atoms with E-state index < -0.39 is 0 Å². The predicted octanol–water partition coefficient (Wildman–Crippen LogP) is 2.72. The van der Waals surface area contributed by atoms with Crippen molar-refractivity contribution in [3.63, 3.8) is 0 Å². The van der Waals surface area contributed by atoms with Crippen LogP contribution in [0.4, 0.5) is 0 Å². The quantitative estimate of drug-likeness (QED) is 0.393. The van der Waals surface area contributed by atoms with Crippen molar-refractivity contribution >= 4 is 17.4 Å². The van der Waals surface area contributed by atoms with Gasteiger partial charge in [-0.25, -0.2) is 4.98 Å². The maximum absolute atomic E-state index is 8.76. The summed E-state index contributed by atoms with van der Waals surface area (Å²) >= 11 is 5.82. The van der Waals surface area contributed by atoms with E-state index in [-0.39, 0.29) is 5.84 Å². The lowest BCUT2D eigenvalue weighted by molar-refractivity contribution is 0.291. The number of aryl methyl sites for hydroxylation is 1. The Morgan fingerprint density at radius 3 is 2.65 bits per heavy atom. The van der Waals surface area contributed by atoms with Gasteiger partial charge in [-0.1, -0.05) is 28.9 Å². The third-order valence-electron chi connectivity index (χ3n) is 2.67. The Hall–Kier alpha value is -2.27. The summed E-state index contributed by atoms with van der Waals surface area (Å²) in [6.45, 7) is 2.16. The Morgan fingerprint density at radius 2 is 2.00 bits per heavy atom. The van der Waals surface area contributed by atoms with Gasteiger partial charge in [0.05, 0.1) is 5.56 Å². The topological polar surface area (TPSA) is 80.7 Å². The van der Waals surface area contributed by atoms with Crippen LogP contribution in [0.25, 0.3) is 0 Å². The van der Waals surface area contributed by atoms with Crippen LogP contribution in [0.2, 0.25) is 5.02 Å².